The lowest BCUT2D eigenvalue weighted by Crippen LogP contribution is -2.44. The van der Waals surface area contributed by atoms with Crippen LogP contribution in [0, 0.1) is 11.6 Å². The molecule has 3 aromatic carbocycles. The number of hydrogen-bond acceptors (Lipinski definition) is 2. The van der Waals surface area contributed by atoms with Gasteiger partial charge in [-0.05, 0) is 35.7 Å². The fraction of sp³-hybridized carbons (Fsp3) is 0.130. The summed E-state index contributed by atoms with van der Waals surface area (Å²) < 4.78 is 27.0. The van der Waals surface area contributed by atoms with Crippen LogP contribution in [-0.4, -0.2) is 18.5 Å². The minimum atomic E-state index is -0.971. The highest BCUT2D eigenvalue weighted by Gasteiger charge is 2.32. The van der Waals surface area contributed by atoms with E-state index in [-0.39, 0.29) is 11.6 Å². The van der Waals surface area contributed by atoms with Crippen molar-refractivity contribution < 1.29 is 18.4 Å². The Morgan fingerprint density at radius 2 is 1.67 bits per heavy atom. The average molecular weight is 407 g/mol. The van der Waals surface area contributed by atoms with E-state index in [1.807, 2.05) is 30.3 Å². The Bertz CT molecular complexity index is 1090. The highest BCUT2D eigenvalue weighted by Crippen LogP contribution is 2.30. The maximum Gasteiger partial charge on any atom is 0.320 e. The molecule has 0 spiro atoms. The Kier molecular flexibility index (Phi) is 5.43. The van der Waals surface area contributed by atoms with Crippen molar-refractivity contribution in [3.05, 3.63) is 95.6 Å². The normalized spacial score (nSPS) is 13.5. The number of carbonyl (C=O) groups is 2. The van der Waals surface area contributed by atoms with Gasteiger partial charge in [0.2, 0.25) is 0 Å². The van der Waals surface area contributed by atoms with E-state index in [1.165, 1.54) is 0 Å². The molecule has 3 aromatic rings. The topological polar surface area (TPSA) is 61.4 Å². The van der Waals surface area contributed by atoms with E-state index in [0.717, 1.165) is 29.8 Å². The van der Waals surface area contributed by atoms with Gasteiger partial charge in [0.1, 0.15) is 17.7 Å². The maximum atomic E-state index is 13.9. The van der Waals surface area contributed by atoms with Gasteiger partial charge in [0.25, 0.3) is 5.91 Å². The van der Waals surface area contributed by atoms with Gasteiger partial charge in [-0.25, -0.2) is 13.6 Å². The van der Waals surface area contributed by atoms with Crippen LogP contribution in [0.4, 0.5) is 25.0 Å². The van der Waals surface area contributed by atoms with Crippen molar-refractivity contribution in [2.45, 2.75) is 12.5 Å². The summed E-state index contributed by atoms with van der Waals surface area (Å²) in [6.07, 6.45) is 0.733. The molecule has 0 aromatic heterocycles. The second-order valence-electron chi connectivity index (χ2n) is 6.93. The van der Waals surface area contributed by atoms with Crippen LogP contribution in [0.25, 0.3) is 0 Å². The third kappa shape index (κ3) is 4.00. The molecule has 1 atom stereocenters. The first-order valence-corrected chi connectivity index (χ1v) is 9.50. The van der Waals surface area contributed by atoms with Crippen molar-refractivity contribution in [2.24, 2.45) is 0 Å². The van der Waals surface area contributed by atoms with Crippen LogP contribution in [0.1, 0.15) is 17.2 Å². The summed E-state index contributed by atoms with van der Waals surface area (Å²) in [5, 5.41) is 4.97. The molecular weight excluding hydrogens is 388 g/mol. The molecule has 4 rings (SSSR count). The van der Waals surface area contributed by atoms with E-state index in [2.05, 4.69) is 10.6 Å². The van der Waals surface area contributed by atoms with Crippen LogP contribution in [0.5, 0.6) is 0 Å². The predicted octanol–water partition coefficient (Wildman–Crippen LogP) is 4.42. The molecule has 0 bridgehead atoms. The van der Waals surface area contributed by atoms with Crippen molar-refractivity contribution in [3.63, 3.8) is 0 Å². The van der Waals surface area contributed by atoms with Crippen LogP contribution in [0.15, 0.2) is 72.8 Å². The molecular formula is C23H19F2N3O2. The van der Waals surface area contributed by atoms with Crippen molar-refractivity contribution in [2.75, 3.05) is 16.8 Å². The number of halogens is 2. The van der Waals surface area contributed by atoms with E-state index >= 15 is 0 Å². The summed E-state index contributed by atoms with van der Waals surface area (Å²) in [5.74, 6) is -1.94. The maximum absolute atomic E-state index is 13.9. The van der Waals surface area contributed by atoms with Gasteiger partial charge < -0.3 is 15.5 Å². The van der Waals surface area contributed by atoms with Gasteiger partial charge in [-0.3, -0.25) is 4.79 Å². The number of urea groups is 1. The van der Waals surface area contributed by atoms with Gasteiger partial charge in [0, 0.05) is 18.3 Å². The molecule has 0 fully saturated rings. The lowest BCUT2D eigenvalue weighted by molar-refractivity contribution is -0.120. The quantitative estimate of drug-likeness (QED) is 0.673. The smallest absolute Gasteiger partial charge is 0.320 e. The van der Waals surface area contributed by atoms with E-state index < -0.39 is 23.7 Å². The molecule has 0 unspecified atom stereocenters. The molecule has 1 heterocycles. The van der Waals surface area contributed by atoms with E-state index in [9.17, 15) is 18.4 Å². The Balaban J connectivity index is 1.58. The molecule has 152 valence electrons. The highest BCUT2D eigenvalue weighted by molar-refractivity contribution is 6.02. The molecule has 0 saturated carbocycles. The fourth-order valence-corrected chi connectivity index (χ4v) is 3.54. The number of anilines is 2. The number of fused-ring (bicyclic) bond motifs is 1. The molecule has 3 amide bonds. The second-order valence-corrected chi connectivity index (χ2v) is 6.93. The number of amides is 3. The van der Waals surface area contributed by atoms with Crippen LogP contribution in [0.2, 0.25) is 0 Å². The number of hydrogen-bond donors (Lipinski definition) is 2. The number of benzene rings is 3. The summed E-state index contributed by atoms with van der Waals surface area (Å²) in [7, 11) is 0. The van der Waals surface area contributed by atoms with E-state index in [0.29, 0.717) is 18.2 Å². The van der Waals surface area contributed by atoms with Crippen molar-refractivity contribution in [1.82, 2.24) is 5.32 Å². The van der Waals surface area contributed by atoms with Gasteiger partial charge in [-0.2, -0.15) is 0 Å². The van der Waals surface area contributed by atoms with Gasteiger partial charge in [-0.15, -0.1) is 0 Å². The van der Waals surface area contributed by atoms with Crippen molar-refractivity contribution in [1.29, 1.82) is 0 Å². The largest absolute Gasteiger partial charge is 0.322 e. The Morgan fingerprint density at radius 3 is 2.43 bits per heavy atom. The van der Waals surface area contributed by atoms with Gasteiger partial charge in [0.05, 0.1) is 5.69 Å². The van der Waals surface area contributed by atoms with Gasteiger partial charge >= 0.3 is 6.03 Å². The zero-order valence-electron chi connectivity index (χ0n) is 15.9. The third-order valence-corrected chi connectivity index (χ3v) is 4.99. The SMILES string of the molecule is O=C(Nc1ccc(F)cc1F)N[C@H](C(=O)N1CCc2ccccc21)c1ccccc1. The molecule has 1 aliphatic heterocycles. The molecule has 0 radical (unpaired) electrons. The summed E-state index contributed by atoms with van der Waals surface area (Å²) in [4.78, 5) is 27.6. The number of nitrogens with zero attached hydrogens (tertiary/aromatic N) is 1. The van der Waals surface area contributed by atoms with Crippen molar-refractivity contribution >= 4 is 23.3 Å². The average Bonchev–Trinajstić information content (AvgIpc) is 3.18. The Labute approximate surface area is 172 Å². The predicted molar refractivity (Wildman–Crippen MR) is 110 cm³/mol. The number of nitrogens with one attached hydrogen (secondary N) is 2. The first-order valence-electron chi connectivity index (χ1n) is 9.50. The zero-order valence-corrected chi connectivity index (χ0v) is 15.9. The van der Waals surface area contributed by atoms with Crippen LogP contribution in [-0.2, 0) is 11.2 Å². The minimum absolute atomic E-state index is 0.181. The Hall–Kier alpha value is -3.74. The summed E-state index contributed by atoms with van der Waals surface area (Å²) >= 11 is 0. The summed E-state index contributed by atoms with van der Waals surface area (Å²) in [6.45, 7) is 0.511. The number of carbonyl (C=O) groups excluding carboxylic acids is 2. The minimum Gasteiger partial charge on any atom is -0.322 e. The summed E-state index contributed by atoms with van der Waals surface area (Å²) in [5.41, 5.74) is 2.30. The first kappa shape index (κ1) is 19.6. The van der Waals surface area contributed by atoms with E-state index in [1.54, 1.807) is 29.2 Å². The van der Waals surface area contributed by atoms with Crippen LogP contribution < -0.4 is 15.5 Å². The molecule has 2 N–H and O–H groups in total. The summed E-state index contributed by atoms with van der Waals surface area (Å²) in [6, 6.07) is 17.6. The molecule has 0 aliphatic carbocycles. The van der Waals surface area contributed by atoms with Crippen LogP contribution in [0.3, 0.4) is 0 Å². The zero-order chi connectivity index (χ0) is 21.1. The lowest BCUT2D eigenvalue weighted by atomic mass is 10.1. The van der Waals surface area contributed by atoms with Crippen molar-refractivity contribution in [3.8, 4) is 0 Å². The molecule has 0 saturated heterocycles. The molecule has 30 heavy (non-hydrogen) atoms. The molecule has 1 aliphatic rings. The monoisotopic (exact) mass is 407 g/mol. The van der Waals surface area contributed by atoms with Gasteiger partial charge in [0.15, 0.2) is 0 Å². The highest BCUT2D eigenvalue weighted by atomic mass is 19.1. The standard InChI is InChI=1S/C23H19F2N3O2/c24-17-10-11-19(18(25)14-17)26-23(30)27-21(16-7-2-1-3-8-16)22(29)28-13-12-15-6-4-5-9-20(15)28/h1-11,14,21H,12-13H2,(H2,26,27,30)/t21-/m0/s1. The lowest BCUT2D eigenvalue weighted by Gasteiger charge is -2.25. The third-order valence-electron chi connectivity index (χ3n) is 4.99. The fourth-order valence-electron chi connectivity index (χ4n) is 3.54. The van der Waals surface area contributed by atoms with Crippen LogP contribution >= 0.6 is 0 Å². The molecule has 5 nitrogen and oxygen atoms in total. The number of rotatable bonds is 4. The Morgan fingerprint density at radius 1 is 0.933 bits per heavy atom. The number of para-hydroxylation sites is 1. The van der Waals surface area contributed by atoms with Gasteiger partial charge in [-0.1, -0.05) is 48.5 Å². The first-order chi connectivity index (χ1) is 14.5. The molecule has 7 heteroatoms. The second kappa shape index (κ2) is 8.32. The van der Waals surface area contributed by atoms with E-state index in [4.69, 9.17) is 0 Å².